The van der Waals surface area contributed by atoms with Crippen LogP contribution in [-0.2, 0) is 14.3 Å². The zero-order chi connectivity index (χ0) is 28.9. The van der Waals surface area contributed by atoms with Crippen LogP contribution in [-0.4, -0.2) is 55.5 Å². The molecule has 2 aliphatic heterocycles. The molecule has 5 rings (SSSR count). The van der Waals surface area contributed by atoms with Crippen molar-refractivity contribution in [1.82, 2.24) is 4.90 Å². The lowest BCUT2D eigenvalue weighted by atomic mass is 9.99. The van der Waals surface area contributed by atoms with Gasteiger partial charge < -0.3 is 20.3 Å². The summed E-state index contributed by atoms with van der Waals surface area (Å²) in [5.74, 6) is -0.634. The van der Waals surface area contributed by atoms with Gasteiger partial charge in [0.25, 0.3) is 5.91 Å². The second-order valence-electron chi connectivity index (χ2n) is 10.7. The van der Waals surface area contributed by atoms with Crippen molar-refractivity contribution < 1.29 is 19.1 Å². The van der Waals surface area contributed by atoms with Crippen LogP contribution >= 0.6 is 0 Å². The van der Waals surface area contributed by atoms with Crippen LogP contribution in [0.1, 0.15) is 54.6 Å². The zero-order valence-electron chi connectivity index (χ0n) is 23.8. The van der Waals surface area contributed by atoms with Gasteiger partial charge in [-0.3, -0.25) is 14.5 Å². The van der Waals surface area contributed by atoms with Crippen molar-refractivity contribution in [2.24, 2.45) is 0 Å². The number of benzene rings is 3. The monoisotopic (exact) mass is 552 g/mol. The second kappa shape index (κ2) is 12.4. The van der Waals surface area contributed by atoms with Gasteiger partial charge in [-0.25, -0.2) is 4.79 Å². The van der Waals surface area contributed by atoms with Crippen molar-refractivity contribution in [3.63, 3.8) is 0 Å². The number of nitrogens with one attached hydrogen (secondary N) is 2. The summed E-state index contributed by atoms with van der Waals surface area (Å²) in [4.78, 5) is 42.7. The normalized spacial score (nSPS) is 16.1. The highest BCUT2D eigenvalue weighted by molar-refractivity contribution is 6.37. The van der Waals surface area contributed by atoms with Crippen molar-refractivity contribution in [3.05, 3.63) is 89.5 Å². The van der Waals surface area contributed by atoms with Gasteiger partial charge in [0.05, 0.1) is 36.2 Å². The molecule has 0 saturated carbocycles. The van der Waals surface area contributed by atoms with Crippen molar-refractivity contribution in [2.75, 3.05) is 42.3 Å². The summed E-state index contributed by atoms with van der Waals surface area (Å²) in [5, 5.41) is 6.36. The van der Waals surface area contributed by atoms with Crippen LogP contribution in [0.2, 0.25) is 0 Å². The smallest absolute Gasteiger partial charge is 0.337 e. The lowest BCUT2D eigenvalue weighted by Crippen LogP contribution is -2.45. The third-order valence-electron chi connectivity index (χ3n) is 7.51. The highest BCUT2D eigenvalue weighted by Crippen LogP contribution is 2.38. The van der Waals surface area contributed by atoms with Gasteiger partial charge in [-0.15, -0.1) is 0 Å². The summed E-state index contributed by atoms with van der Waals surface area (Å²) in [6.07, 6.45) is 3.52. The Kier molecular flexibility index (Phi) is 8.50. The van der Waals surface area contributed by atoms with E-state index in [1.807, 2.05) is 73.3 Å². The molecular weight excluding hydrogens is 516 g/mol. The number of hydrogen-bond donors (Lipinski definition) is 2. The van der Waals surface area contributed by atoms with Crippen molar-refractivity contribution >= 4 is 46.1 Å². The third-order valence-corrected chi connectivity index (χ3v) is 7.51. The molecule has 3 aromatic rings. The molecule has 0 atom stereocenters. The number of likely N-dealkylation sites (tertiary alicyclic amines) is 1. The summed E-state index contributed by atoms with van der Waals surface area (Å²) in [7, 11) is 1.33. The minimum atomic E-state index is -0.467. The standard InChI is InChI=1S/C33H36N4O4/c1-22(2)37(29(38)21-36-18-8-5-9-19-36)26-15-13-25(14-16-26)34-31(23-10-6-4-7-11-23)30-27-17-12-24(33(40)41-3)20-28(27)35-32(30)39/h4,6-7,10-17,20,22,34H,5,8-9,18-19,21H2,1-3H3,(H,35,39). The molecule has 2 amide bonds. The number of esters is 1. The average Bonchev–Trinajstić information content (AvgIpc) is 3.31. The Bertz CT molecular complexity index is 1460. The summed E-state index contributed by atoms with van der Waals surface area (Å²) in [6.45, 7) is 6.42. The first kappa shape index (κ1) is 28.1. The second-order valence-corrected chi connectivity index (χ2v) is 10.7. The van der Waals surface area contributed by atoms with Gasteiger partial charge in [-0.2, -0.15) is 0 Å². The van der Waals surface area contributed by atoms with Crippen molar-refractivity contribution in [3.8, 4) is 0 Å². The maximum Gasteiger partial charge on any atom is 0.337 e. The lowest BCUT2D eigenvalue weighted by molar-refractivity contribution is -0.120. The number of anilines is 3. The quantitative estimate of drug-likeness (QED) is 0.278. The Labute approximate surface area is 241 Å². The first-order chi connectivity index (χ1) is 19.9. The van der Waals surface area contributed by atoms with Gasteiger partial charge in [0.1, 0.15) is 0 Å². The van der Waals surface area contributed by atoms with Crippen LogP contribution in [0.3, 0.4) is 0 Å². The van der Waals surface area contributed by atoms with Crippen LogP contribution in [0.15, 0.2) is 72.8 Å². The van der Waals surface area contributed by atoms with Crippen molar-refractivity contribution in [2.45, 2.75) is 39.2 Å². The molecule has 2 aliphatic rings. The number of piperidine rings is 1. The number of carbonyl (C=O) groups is 3. The molecule has 2 heterocycles. The Balaban J connectivity index is 1.45. The highest BCUT2D eigenvalue weighted by Gasteiger charge is 2.29. The molecule has 2 N–H and O–H groups in total. The molecule has 41 heavy (non-hydrogen) atoms. The number of hydrogen-bond acceptors (Lipinski definition) is 6. The molecule has 0 aliphatic carbocycles. The number of amides is 2. The van der Waals surface area contributed by atoms with Crippen LogP contribution in [0.5, 0.6) is 0 Å². The molecule has 0 spiro atoms. The van der Waals surface area contributed by atoms with E-state index in [1.165, 1.54) is 13.5 Å². The third kappa shape index (κ3) is 6.18. The molecule has 0 radical (unpaired) electrons. The molecule has 8 heteroatoms. The fourth-order valence-electron chi connectivity index (χ4n) is 5.51. The van der Waals surface area contributed by atoms with Gasteiger partial charge in [0, 0.05) is 23.0 Å². The zero-order valence-corrected chi connectivity index (χ0v) is 23.8. The molecule has 212 valence electrons. The van der Waals surface area contributed by atoms with E-state index in [4.69, 9.17) is 4.74 Å². The molecule has 0 aromatic heterocycles. The Hall–Kier alpha value is -4.43. The average molecular weight is 553 g/mol. The van der Waals surface area contributed by atoms with Crippen LogP contribution in [0.4, 0.5) is 17.1 Å². The van der Waals surface area contributed by atoms with Crippen LogP contribution < -0.4 is 15.5 Å². The van der Waals surface area contributed by atoms with E-state index in [1.54, 1.807) is 18.2 Å². The van der Waals surface area contributed by atoms with Gasteiger partial charge in [0.15, 0.2) is 0 Å². The fraction of sp³-hybridized carbons (Fsp3) is 0.303. The maximum atomic E-state index is 13.3. The Morgan fingerprint density at radius 1 is 0.951 bits per heavy atom. The minimum absolute atomic E-state index is 0.0154. The summed E-state index contributed by atoms with van der Waals surface area (Å²) in [5.41, 5.74) is 5.18. The largest absolute Gasteiger partial charge is 0.465 e. The van der Waals surface area contributed by atoms with Gasteiger partial charge in [-0.05, 0) is 81.7 Å². The lowest BCUT2D eigenvalue weighted by Gasteiger charge is -2.32. The molecule has 1 fully saturated rings. The predicted molar refractivity (Wildman–Crippen MR) is 163 cm³/mol. The molecule has 1 saturated heterocycles. The Morgan fingerprint density at radius 3 is 2.32 bits per heavy atom. The Morgan fingerprint density at radius 2 is 1.66 bits per heavy atom. The van der Waals surface area contributed by atoms with Crippen molar-refractivity contribution in [1.29, 1.82) is 0 Å². The highest BCUT2D eigenvalue weighted by atomic mass is 16.5. The van der Waals surface area contributed by atoms with E-state index in [0.717, 1.165) is 42.9 Å². The molecule has 3 aromatic carbocycles. The molecular formula is C33H36N4O4. The van der Waals surface area contributed by atoms with Crippen LogP contribution in [0, 0.1) is 0 Å². The number of ether oxygens (including phenoxy) is 1. The number of methoxy groups -OCH3 is 1. The maximum absolute atomic E-state index is 13.3. The molecule has 0 bridgehead atoms. The van der Waals surface area contributed by atoms with E-state index in [2.05, 4.69) is 15.5 Å². The summed E-state index contributed by atoms with van der Waals surface area (Å²) < 4.78 is 4.84. The van der Waals surface area contributed by atoms with Gasteiger partial charge in [-0.1, -0.05) is 42.8 Å². The van der Waals surface area contributed by atoms with E-state index in [0.29, 0.717) is 34.6 Å². The SMILES string of the molecule is COC(=O)c1ccc2c(c1)NC(=O)C2=C(Nc1ccc(N(C(=O)CN2CCCCC2)C(C)C)cc1)c1ccccc1. The fourth-order valence-corrected chi connectivity index (χ4v) is 5.51. The van der Waals surface area contributed by atoms with E-state index < -0.39 is 5.97 Å². The molecule has 0 unspecified atom stereocenters. The van der Waals surface area contributed by atoms with Gasteiger partial charge >= 0.3 is 5.97 Å². The summed E-state index contributed by atoms with van der Waals surface area (Å²) in [6, 6.07) is 22.4. The van der Waals surface area contributed by atoms with E-state index >= 15 is 0 Å². The number of carbonyl (C=O) groups excluding carboxylic acids is 3. The van der Waals surface area contributed by atoms with E-state index in [9.17, 15) is 14.4 Å². The van der Waals surface area contributed by atoms with Gasteiger partial charge in [0.2, 0.25) is 5.91 Å². The first-order valence-corrected chi connectivity index (χ1v) is 14.1. The topological polar surface area (TPSA) is 91.0 Å². The van der Waals surface area contributed by atoms with E-state index in [-0.39, 0.29) is 17.9 Å². The first-order valence-electron chi connectivity index (χ1n) is 14.1. The molecule has 8 nitrogen and oxygen atoms in total. The minimum Gasteiger partial charge on any atom is -0.465 e. The van der Waals surface area contributed by atoms with Crippen LogP contribution in [0.25, 0.3) is 11.3 Å². The number of fused-ring (bicyclic) bond motifs is 1. The predicted octanol–water partition coefficient (Wildman–Crippen LogP) is 5.63. The number of nitrogens with zero attached hydrogens (tertiary/aromatic N) is 2. The summed E-state index contributed by atoms with van der Waals surface area (Å²) >= 11 is 0. The number of rotatable bonds is 8.